The van der Waals surface area contributed by atoms with Gasteiger partial charge in [0.05, 0.1) is 22.4 Å². The van der Waals surface area contributed by atoms with Crippen LogP contribution in [0.15, 0.2) is 4.47 Å². The minimum absolute atomic E-state index is 0.214. The Balaban J connectivity index is 2.30. The molecule has 1 aromatic heterocycles. The molecule has 0 spiro atoms. The van der Waals surface area contributed by atoms with Crippen molar-refractivity contribution in [1.82, 2.24) is 20.0 Å². The molecule has 0 aliphatic carbocycles. The van der Waals surface area contributed by atoms with E-state index in [1.165, 1.54) is 4.90 Å². The number of hydrogen-bond acceptors (Lipinski definition) is 3. The maximum Gasteiger partial charge on any atom is 0.325 e. The van der Waals surface area contributed by atoms with Gasteiger partial charge in [-0.05, 0) is 36.7 Å². The summed E-state index contributed by atoms with van der Waals surface area (Å²) in [7, 11) is 1.79. The van der Waals surface area contributed by atoms with Crippen LogP contribution in [0.3, 0.4) is 0 Å². The lowest BCUT2D eigenvalue weighted by molar-refractivity contribution is -0.130. The standard InChI is InChI=1S/C11H15BrN4O2/c1-6-8(12)7(15(4)14-6)5-16-9(17)11(2,3)13-10(16)18/h5H2,1-4H3,(H,13,18). The highest BCUT2D eigenvalue weighted by Gasteiger charge is 2.44. The first-order chi connectivity index (χ1) is 8.24. The van der Waals surface area contributed by atoms with Gasteiger partial charge in [-0.1, -0.05) is 0 Å². The lowest BCUT2D eigenvalue weighted by atomic mass is 10.1. The van der Waals surface area contributed by atoms with Crippen LogP contribution in [0, 0.1) is 6.92 Å². The monoisotopic (exact) mass is 314 g/mol. The fourth-order valence-corrected chi connectivity index (χ4v) is 2.42. The number of carbonyl (C=O) groups is 2. The van der Waals surface area contributed by atoms with Crippen molar-refractivity contribution in [2.75, 3.05) is 0 Å². The summed E-state index contributed by atoms with van der Waals surface area (Å²) in [5.41, 5.74) is 0.796. The van der Waals surface area contributed by atoms with Crippen molar-refractivity contribution in [1.29, 1.82) is 0 Å². The molecule has 6 nitrogen and oxygen atoms in total. The van der Waals surface area contributed by atoms with Gasteiger partial charge >= 0.3 is 6.03 Å². The number of nitrogens with zero attached hydrogens (tertiary/aromatic N) is 3. The number of rotatable bonds is 2. The number of imide groups is 1. The van der Waals surface area contributed by atoms with E-state index in [-0.39, 0.29) is 18.5 Å². The van der Waals surface area contributed by atoms with Gasteiger partial charge in [-0.25, -0.2) is 4.79 Å². The van der Waals surface area contributed by atoms with Crippen LogP contribution in [0.1, 0.15) is 25.2 Å². The van der Waals surface area contributed by atoms with E-state index in [4.69, 9.17) is 0 Å². The highest BCUT2D eigenvalue weighted by atomic mass is 79.9. The third kappa shape index (κ3) is 1.92. The van der Waals surface area contributed by atoms with Crippen LogP contribution in [0.4, 0.5) is 4.79 Å². The van der Waals surface area contributed by atoms with E-state index in [9.17, 15) is 9.59 Å². The second-order valence-electron chi connectivity index (χ2n) is 4.92. The van der Waals surface area contributed by atoms with E-state index < -0.39 is 5.54 Å². The number of amides is 3. The van der Waals surface area contributed by atoms with E-state index in [0.29, 0.717) is 0 Å². The summed E-state index contributed by atoms with van der Waals surface area (Å²) >= 11 is 3.42. The molecule has 1 aliphatic rings. The second kappa shape index (κ2) is 4.08. The van der Waals surface area contributed by atoms with E-state index in [1.807, 2.05) is 6.92 Å². The van der Waals surface area contributed by atoms with Gasteiger partial charge in [0.25, 0.3) is 5.91 Å². The van der Waals surface area contributed by atoms with Gasteiger partial charge in [0.2, 0.25) is 0 Å². The second-order valence-corrected chi connectivity index (χ2v) is 5.71. The van der Waals surface area contributed by atoms with Crippen LogP contribution in [0.25, 0.3) is 0 Å². The molecule has 0 aromatic carbocycles. The first-order valence-corrected chi connectivity index (χ1v) is 6.35. The number of aryl methyl sites for hydroxylation is 2. The summed E-state index contributed by atoms with van der Waals surface area (Å²) in [6, 6.07) is -0.365. The molecule has 0 bridgehead atoms. The van der Waals surface area contributed by atoms with Crippen molar-refractivity contribution >= 4 is 27.9 Å². The molecule has 1 saturated heterocycles. The Bertz CT molecular complexity index is 535. The third-order valence-electron chi connectivity index (χ3n) is 3.01. The predicted molar refractivity (Wildman–Crippen MR) is 68.8 cm³/mol. The van der Waals surface area contributed by atoms with Gasteiger partial charge in [0.15, 0.2) is 0 Å². The van der Waals surface area contributed by atoms with Gasteiger partial charge in [-0.2, -0.15) is 5.10 Å². The Morgan fingerprint density at radius 2 is 2.00 bits per heavy atom. The zero-order valence-electron chi connectivity index (χ0n) is 10.7. The van der Waals surface area contributed by atoms with E-state index >= 15 is 0 Å². The maximum atomic E-state index is 12.1. The normalized spacial score (nSPS) is 18.4. The molecule has 2 rings (SSSR count). The summed E-state index contributed by atoms with van der Waals surface area (Å²) in [6.07, 6.45) is 0. The molecular weight excluding hydrogens is 300 g/mol. The van der Waals surface area contributed by atoms with Gasteiger partial charge in [0, 0.05) is 7.05 Å². The molecule has 1 N–H and O–H groups in total. The molecule has 1 fully saturated rings. The van der Waals surface area contributed by atoms with Crippen LogP contribution < -0.4 is 5.32 Å². The summed E-state index contributed by atoms with van der Waals surface area (Å²) in [4.78, 5) is 25.1. The number of urea groups is 1. The van der Waals surface area contributed by atoms with Crippen molar-refractivity contribution in [2.24, 2.45) is 7.05 Å². The molecule has 3 amide bonds. The summed E-state index contributed by atoms with van der Waals surface area (Å²) in [6.45, 7) is 5.46. The first kappa shape index (κ1) is 13.1. The van der Waals surface area contributed by atoms with E-state index in [0.717, 1.165) is 15.9 Å². The molecule has 1 aromatic rings. The van der Waals surface area contributed by atoms with Crippen molar-refractivity contribution in [2.45, 2.75) is 32.9 Å². The maximum absolute atomic E-state index is 12.1. The van der Waals surface area contributed by atoms with Crippen molar-refractivity contribution in [3.8, 4) is 0 Å². The molecule has 0 atom stereocenters. The Hall–Kier alpha value is -1.37. The molecule has 0 radical (unpaired) electrons. The molecule has 98 valence electrons. The third-order valence-corrected chi connectivity index (χ3v) is 4.05. The predicted octanol–water partition coefficient (Wildman–Crippen LogP) is 1.32. The number of carbonyl (C=O) groups excluding carboxylic acids is 2. The highest BCUT2D eigenvalue weighted by Crippen LogP contribution is 2.25. The minimum Gasteiger partial charge on any atom is -0.324 e. The Morgan fingerprint density at radius 3 is 2.39 bits per heavy atom. The average molecular weight is 315 g/mol. The van der Waals surface area contributed by atoms with Crippen LogP contribution in [0.2, 0.25) is 0 Å². The Morgan fingerprint density at radius 1 is 1.39 bits per heavy atom. The van der Waals surface area contributed by atoms with Gasteiger partial charge in [-0.3, -0.25) is 14.4 Å². The first-order valence-electron chi connectivity index (χ1n) is 5.56. The molecule has 1 aliphatic heterocycles. The SMILES string of the molecule is Cc1nn(C)c(CN2C(=O)NC(C)(C)C2=O)c1Br. The fraction of sp³-hybridized carbons (Fsp3) is 0.545. The molecule has 0 unspecified atom stereocenters. The van der Waals surface area contributed by atoms with Crippen molar-refractivity contribution < 1.29 is 9.59 Å². The highest BCUT2D eigenvalue weighted by molar-refractivity contribution is 9.10. The molecular formula is C11H15BrN4O2. The summed E-state index contributed by atoms with van der Waals surface area (Å²) in [5, 5.41) is 6.89. The number of hydrogen-bond donors (Lipinski definition) is 1. The summed E-state index contributed by atoms with van der Waals surface area (Å²) < 4.78 is 2.50. The van der Waals surface area contributed by atoms with Crippen LogP contribution in [0.5, 0.6) is 0 Å². The average Bonchev–Trinajstić information content (AvgIpc) is 2.59. The van der Waals surface area contributed by atoms with Gasteiger partial charge in [-0.15, -0.1) is 0 Å². The minimum atomic E-state index is -0.836. The van der Waals surface area contributed by atoms with Gasteiger partial charge in [0.1, 0.15) is 5.54 Å². The van der Waals surface area contributed by atoms with Crippen LogP contribution in [-0.4, -0.2) is 32.2 Å². The van der Waals surface area contributed by atoms with E-state index in [2.05, 4.69) is 26.3 Å². The largest absolute Gasteiger partial charge is 0.325 e. The number of halogens is 1. The quantitative estimate of drug-likeness (QED) is 0.837. The lowest BCUT2D eigenvalue weighted by Crippen LogP contribution is -2.40. The van der Waals surface area contributed by atoms with E-state index in [1.54, 1.807) is 25.6 Å². The topological polar surface area (TPSA) is 67.2 Å². The molecule has 0 saturated carbocycles. The number of aromatic nitrogens is 2. The van der Waals surface area contributed by atoms with Gasteiger partial charge < -0.3 is 5.32 Å². The smallest absolute Gasteiger partial charge is 0.324 e. The van der Waals surface area contributed by atoms with Crippen molar-refractivity contribution in [3.05, 3.63) is 15.9 Å². The van der Waals surface area contributed by atoms with Crippen molar-refractivity contribution in [3.63, 3.8) is 0 Å². The van der Waals surface area contributed by atoms with Crippen LogP contribution >= 0.6 is 15.9 Å². The molecule has 7 heteroatoms. The van der Waals surface area contributed by atoms with Crippen LogP contribution in [-0.2, 0) is 18.4 Å². The lowest BCUT2D eigenvalue weighted by Gasteiger charge is -2.16. The fourth-order valence-electron chi connectivity index (χ4n) is 1.96. The summed E-state index contributed by atoms with van der Waals surface area (Å²) in [5.74, 6) is -0.224. The molecule has 18 heavy (non-hydrogen) atoms. The molecule has 2 heterocycles. The Kier molecular flexibility index (Phi) is 2.96. The number of nitrogens with one attached hydrogen (secondary N) is 1. The Labute approximate surface area is 113 Å². The zero-order valence-corrected chi connectivity index (χ0v) is 12.3. The zero-order chi connectivity index (χ0) is 13.7.